The number of hydrogen-bond acceptors (Lipinski definition) is 9. The predicted molar refractivity (Wildman–Crippen MR) is 149 cm³/mol. The molecule has 2 fully saturated rings. The van der Waals surface area contributed by atoms with Gasteiger partial charge in [0, 0.05) is 61.7 Å². The fraction of sp³-hybridized carbons (Fsp3) is 0.429. The van der Waals surface area contributed by atoms with E-state index in [1.165, 1.54) is 17.7 Å². The molecule has 12 nitrogen and oxygen atoms in total. The number of non-ortho nitro benzene ring substituents is 1. The number of nitro benzene ring substituents is 1. The van der Waals surface area contributed by atoms with E-state index in [2.05, 4.69) is 43.3 Å². The quantitative estimate of drug-likeness (QED) is 0.262. The molecule has 0 spiro atoms. The summed E-state index contributed by atoms with van der Waals surface area (Å²) in [5.41, 5.74) is 3.44. The number of tetrazole rings is 1. The number of piperazine rings is 1. The molecule has 6 rings (SSSR count). The Morgan fingerprint density at radius 2 is 1.93 bits per heavy atom. The predicted octanol–water partition coefficient (Wildman–Crippen LogP) is 3.08. The average Bonchev–Trinajstić information content (AvgIpc) is 3.66. The van der Waals surface area contributed by atoms with Crippen molar-refractivity contribution in [2.75, 3.05) is 37.7 Å². The van der Waals surface area contributed by atoms with Crippen molar-refractivity contribution in [1.29, 1.82) is 0 Å². The number of pyridine rings is 1. The third-order valence-electron chi connectivity index (χ3n) is 7.95. The van der Waals surface area contributed by atoms with E-state index in [-0.39, 0.29) is 17.4 Å². The summed E-state index contributed by atoms with van der Waals surface area (Å²) in [6.45, 7) is 6.07. The van der Waals surface area contributed by atoms with E-state index in [0.29, 0.717) is 44.1 Å². The minimum atomic E-state index is -0.450. The zero-order valence-electron chi connectivity index (χ0n) is 22.4. The van der Waals surface area contributed by atoms with Crippen LogP contribution in [0.4, 0.5) is 11.4 Å². The molecule has 2 saturated heterocycles. The maximum Gasteiger partial charge on any atom is 0.269 e. The Kier molecular flexibility index (Phi) is 7.27. The lowest BCUT2D eigenvalue weighted by Crippen LogP contribution is -2.49. The monoisotopic (exact) mass is 544 g/mol. The third kappa shape index (κ3) is 5.19. The molecule has 208 valence electrons. The van der Waals surface area contributed by atoms with Crippen LogP contribution in [-0.4, -0.2) is 73.9 Å². The molecule has 4 heterocycles. The molecule has 1 N–H and O–H groups in total. The van der Waals surface area contributed by atoms with Crippen LogP contribution in [-0.2, 0) is 17.7 Å². The molecule has 0 radical (unpaired) electrons. The molecule has 2 aliphatic rings. The Morgan fingerprint density at radius 3 is 2.62 bits per heavy atom. The standard InChI is InChI=1S/C28H32N8O4/c1-2-19-5-10-25-20(16-19)17-24(28(37)29-25)26(27-30-31-32-35(27)18-23-4-3-15-40-23)34-13-11-33(12-14-34)21-6-8-22(9-7-21)36(38)39/h5-10,16-17,23,26H,2-4,11-15,18H2,1H3,(H,29,37)/t23-,26+/m1/s1. The number of nitrogens with one attached hydrogen (secondary N) is 1. The molecule has 0 aliphatic carbocycles. The van der Waals surface area contributed by atoms with Crippen molar-refractivity contribution in [3.63, 3.8) is 0 Å². The number of aromatic amines is 1. The second kappa shape index (κ2) is 11.1. The molecule has 0 amide bonds. The van der Waals surface area contributed by atoms with Crippen LogP contribution in [0, 0.1) is 10.1 Å². The Morgan fingerprint density at radius 1 is 1.12 bits per heavy atom. The van der Waals surface area contributed by atoms with Gasteiger partial charge in [-0.2, -0.15) is 0 Å². The van der Waals surface area contributed by atoms with Gasteiger partial charge >= 0.3 is 0 Å². The van der Waals surface area contributed by atoms with Crippen LogP contribution in [0.3, 0.4) is 0 Å². The van der Waals surface area contributed by atoms with Crippen molar-refractivity contribution in [2.45, 2.75) is 44.9 Å². The van der Waals surface area contributed by atoms with E-state index in [1.807, 2.05) is 18.2 Å². The highest BCUT2D eigenvalue weighted by Crippen LogP contribution is 2.30. The van der Waals surface area contributed by atoms with Crippen LogP contribution >= 0.6 is 0 Å². The number of hydrogen-bond donors (Lipinski definition) is 1. The first-order valence-corrected chi connectivity index (χ1v) is 13.8. The minimum Gasteiger partial charge on any atom is -0.376 e. The van der Waals surface area contributed by atoms with Crippen LogP contribution < -0.4 is 10.5 Å². The number of fused-ring (bicyclic) bond motifs is 1. The molecule has 0 unspecified atom stereocenters. The largest absolute Gasteiger partial charge is 0.376 e. The first-order valence-electron chi connectivity index (χ1n) is 13.8. The second-order valence-electron chi connectivity index (χ2n) is 10.4. The number of ether oxygens (including phenoxy) is 1. The molecular weight excluding hydrogens is 512 g/mol. The van der Waals surface area contributed by atoms with Gasteiger partial charge in [0.25, 0.3) is 11.2 Å². The number of aryl methyl sites for hydroxylation is 1. The SMILES string of the molecule is CCc1ccc2[nH]c(=O)c([C@@H](c3nnnn3C[C@H]3CCCO3)N3CCN(c4ccc([N+](=O)[O-])cc4)CC3)cc2c1. The first kappa shape index (κ1) is 26.1. The Balaban J connectivity index is 1.34. The van der Waals surface area contributed by atoms with Crippen molar-refractivity contribution < 1.29 is 9.66 Å². The van der Waals surface area contributed by atoms with Crippen molar-refractivity contribution >= 4 is 22.3 Å². The van der Waals surface area contributed by atoms with Crippen LogP contribution in [0.25, 0.3) is 10.9 Å². The van der Waals surface area contributed by atoms with Gasteiger partial charge in [-0.25, -0.2) is 4.68 Å². The summed E-state index contributed by atoms with van der Waals surface area (Å²) in [4.78, 5) is 31.8. The van der Waals surface area contributed by atoms with Gasteiger partial charge in [-0.15, -0.1) is 5.10 Å². The van der Waals surface area contributed by atoms with E-state index < -0.39 is 11.0 Å². The van der Waals surface area contributed by atoms with Crippen LogP contribution in [0.2, 0.25) is 0 Å². The van der Waals surface area contributed by atoms with Gasteiger partial charge < -0.3 is 14.6 Å². The van der Waals surface area contributed by atoms with Crippen LogP contribution in [0.15, 0.2) is 53.3 Å². The van der Waals surface area contributed by atoms with Gasteiger partial charge in [0.05, 0.1) is 17.6 Å². The molecule has 2 aromatic heterocycles. The fourth-order valence-corrected chi connectivity index (χ4v) is 5.74. The molecule has 2 aliphatic heterocycles. The summed E-state index contributed by atoms with van der Waals surface area (Å²) in [5, 5.41) is 24.8. The summed E-state index contributed by atoms with van der Waals surface area (Å²) in [5.74, 6) is 0.621. The number of rotatable bonds is 8. The normalized spacial score (nSPS) is 18.8. The van der Waals surface area contributed by atoms with Gasteiger partial charge in [-0.3, -0.25) is 19.8 Å². The highest BCUT2D eigenvalue weighted by atomic mass is 16.6. The lowest BCUT2D eigenvalue weighted by Gasteiger charge is -2.39. The first-order chi connectivity index (χ1) is 19.5. The number of nitro groups is 1. The molecule has 2 aromatic carbocycles. The number of nitrogens with zero attached hydrogens (tertiary/aromatic N) is 7. The van der Waals surface area contributed by atoms with Crippen molar-refractivity contribution in [3.8, 4) is 0 Å². The van der Waals surface area contributed by atoms with Gasteiger partial charge in [0.1, 0.15) is 6.04 Å². The van der Waals surface area contributed by atoms with Crippen molar-refractivity contribution in [3.05, 3.63) is 86.0 Å². The highest BCUT2D eigenvalue weighted by molar-refractivity contribution is 5.80. The second-order valence-corrected chi connectivity index (χ2v) is 10.4. The zero-order chi connectivity index (χ0) is 27.6. The van der Waals surface area contributed by atoms with E-state index in [1.54, 1.807) is 16.8 Å². The van der Waals surface area contributed by atoms with Gasteiger partial charge in [-0.1, -0.05) is 13.0 Å². The van der Waals surface area contributed by atoms with E-state index in [0.717, 1.165) is 42.5 Å². The summed E-state index contributed by atoms with van der Waals surface area (Å²) in [6, 6.07) is 14.3. The summed E-state index contributed by atoms with van der Waals surface area (Å²) in [6.07, 6.45) is 2.91. The summed E-state index contributed by atoms with van der Waals surface area (Å²) in [7, 11) is 0. The van der Waals surface area contributed by atoms with Crippen LogP contribution in [0.1, 0.15) is 42.8 Å². The number of H-pyrrole nitrogens is 1. The molecule has 2 atom stereocenters. The molecule has 0 saturated carbocycles. The summed E-state index contributed by atoms with van der Waals surface area (Å²) >= 11 is 0. The average molecular weight is 545 g/mol. The molecule has 0 bridgehead atoms. The topological polar surface area (TPSA) is 135 Å². The maximum atomic E-state index is 13.5. The molecule has 4 aromatic rings. The number of benzene rings is 2. The third-order valence-corrected chi connectivity index (χ3v) is 7.95. The number of aromatic nitrogens is 5. The lowest BCUT2D eigenvalue weighted by atomic mass is 10.0. The van der Waals surface area contributed by atoms with E-state index in [9.17, 15) is 14.9 Å². The zero-order valence-corrected chi connectivity index (χ0v) is 22.4. The smallest absolute Gasteiger partial charge is 0.269 e. The van der Waals surface area contributed by atoms with E-state index >= 15 is 0 Å². The fourth-order valence-electron chi connectivity index (χ4n) is 5.74. The van der Waals surface area contributed by atoms with Crippen LogP contribution in [0.5, 0.6) is 0 Å². The Hall–Kier alpha value is -4.16. The summed E-state index contributed by atoms with van der Waals surface area (Å²) < 4.78 is 7.65. The van der Waals surface area contributed by atoms with Gasteiger partial charge in [-0.05, 0) is 71.0 Å². The van der Waals surface area contributed by atoms with Gasteiger partial charge in [0.2, 0.25) is 0 Å². The highest BCUT2D eigenvalue weighted by Gasteiger charge is 2.33. The van der Waals surface area contributed by atoms with E-state index in [4.69, 9.17) is 4.74 Å². The minimum absolute atomic E-state index is 0.0453. The Bertz CT molecular complexity index is 1550. The Labute approximate surface area is 230 Å². The number of anilines is 1. The molecular formula is C28H32N8O4. The van der Waals surface area contributed by atoms with Gasteiger partial charge in [0.15, 0.2) is 5.82 Å². The molecule has 12 heteroatoms. The molecule has 40 heavy (non-hydrogen) atoms. The van der Waals surface area contributed by atoms with Crippen molar-refractivity contribution in [1.82, 2.24) is 30.1 Å². The lowest BCUT2D eigenvalue weighted by molar-refractivity contribution is -0.384. The van der Waals surface area contributed by atoms with Crippen molar-refractivity contribution in [2.24, 2.45) is 0 Å². The maximum absolute atomic E-state index is 13.5.